The van der Waals surface area contributed by atoms with Crippen LogP contribution < -0.4 is 5.32 Å². The molecule has 2 amide bonds. The molecule has 1 N–H and O–H groups in total. The van der Waals surface area contributed by atoms with Crippen molar-refractivity contribution in [2.45, 2.75) is 25.8 Å². The first-order chi connectivity index (χ1) is 8.66. The van der Waals surface area contributed by atoms with Crippen molar-refractivity contribution in [1.29, 1.82) is 0 Å². The van der Waals surface area contributed by atoms with Crippen LogP contribution in [0.15, 0.2) is 18.5 Å². The standard InChI is InChI=1S/C13H16N3O2/c1-10(17)16-8-2-3-12(9-16)15-13(18)11-4-6-14-7-5-11/h4,6-7,12H,2-3,8-9H2,1H3,(H,15,18). The molecule has 1 aliphatic heterocycles. The zero-order valence-corrected chi connectivity index (χ0v) is 10.3. The highest BCUT2D eigenvalue weighted by molar-refractivity contribution is 5.94. The second-order valence-corrected chi connectivity index (χ2v) is 4.43. The highest BCUT2D eigenvalue weighted by Gasteiger charge is 2.23. The summed E-state index contributed by atoms with van der Waals surface area (Å²) < 4.78 is 0. The second-order valence-electron chi connectivity index (χ2n) is 4.43. The van der Waals surface area contributed by atoms with E-state index in [1.807, 2.05) is 0 Å². The molecule has 1 aromatic heterocycles. The van der Waals surface area contributed by atoms with E-state index in [-0.39, 0.29) is 17.9 Å². The van der Waals surface area contributed by atoms with E-state index < -0.39 is 0 Å². The lowest BCUT2D eigenvalue weighted by atomic mass is 10.1. The molecular weight excluding hydrogens is 230 g/mol. The van der Waals surface area contributed by atoms with E-state index in [2.05, 4.69) is 16.4 Å². The van der Waals surface area contributed by atoms with E-state index in [1.54, 1.807) is 24.1 Å². The summed E-state index contributed by atoms with van der Waals surface area (Å²) in [6.07, 6.45) is 4.86. The van der Waals surface area contributed by atoms with E-state index >= 15 is 0 Å². The Bertz CT molecular complexity index is 433. The van der Waals surface area contributed by atoms with Crippen LogP contribution in [0, 0.1) is 6.07 Å². The van der Waals surface area contributed by atoms with Crippen molar-refractivity contribution >= 4 is 11.8 Å². The van der Waals surface area contributed by atoms with Crippen LogP contribution in [-0.4, -0.2) is 40.8 Å². The molecule has 5 heteroatoms. The molecule has 0 spiro atoms. The van der Waals surface area contributed by atoms with E-state index in [1.165, 1.54) is 6.20 Å². The smallest absolute Gasteiger partial charge is 0.252 e. The average molecular weight is 246 g/mol. The van der Waals surface area contributed by atoms with Gasteiger partial charge < -0.3 is 10.2 Å². The maximum Gasteiger partial charge on any atom is 0.252 e. The van der Waals surface area contributed by atoms with E-state index in [4.69, 9.17) is 0 Å². The predicted octanol–water partition coefficient (Wildman–Crippen LogP) is 0.622. The molecule has 1 atom stereocenters. The molecule has 1 aromatic rings. The summed E-state index contributed by atoms with van der Waals surface area (Å²) in [5.41, 5.74) is 0.477. The lowest BCUT2D eigenvalue weighted by Gasteiger charge is -2.32. The van der Waals surface area contributed by atoms with Crippen molar-refractivity contribution in [3.8, 4) is 0 Å². The van der Waals surface area contributed by atoms with Crippen molar-refractivity contribution in [3.05, 3.63) is 30.1 Å². The topological polar surface area (TPSA) is 62.3 Å². The minimum atomic E-state index is -0.159. The van der Waals surface area contributed by atoms with E-state index in [0.29, 0.717) is 12.1 Å². The van der Waals surface area contributed by atoms with Crippen LogP contribution in [-0.2, 0) is 4.79 Å². The molecule has 1 aliphatic rings. The summed E-state index contributed by atoms with van der Waals surface area (Å²) in [4.78, 5) is 28.8. The average Bonchev–Trinajstić information content (AvgIpc) is 2.40. The van der Waals surface area contributed by atoms with Gasteiger partial charge in [-0.1, -0.05) is 0 Å². The monoisotopic (exact) mass is 246 g/mol. The summed E-state index contributed by atoms with van der Waals surface area (Å²) in [5.74, 6) is -0.0998. The van der Waals surface area contributed by atoms with Gasteiger partial charge >= 0.3 is 0 Å². The number of hydrogen-bond acceptors (Lipinski definition) is 3. The van der Waals surface area contributed by atoms with Crippen molar-refractivity contribution in [3.63, 3.8) is 0 Å². The number of pyridine rings is 1. The van der Waals surface area contributed by atoms with Gasteiger partial charge in [0.15, 0.2) is 0 Å². The fourth-order valence-corrected chi connectivity index (χ4v) is 2.10. The summed E-state index contributed by atoms with van der Waals surface area (Å²) in [6, 6.07) is 4.44. The number of rotatable bonds is 2. The van der Waals surface area contributed by atoms with E-state index in [0.717, 1.165) is 19.4 Å². The lowest BCUT2D eigenvalue weighted by Crippen LogP contribution is -2.49. The molecule has 0 saturated carbocycles. The molecule has 2 heterocycles. The van der Waals surface area contributed by atoms with Gasteiger partial charge in [0.2, 0.25) is 5.91 Å². The van der Waals surface area contributed by atoms with Crippen LogP contribution in [0.3, 0.4) is 0 Å². The number of piperidine rings is 1. The number of nitrogens with zero attached hydrogens (tertiary/aromatic N) is 2. The summed E-state index contributed by atoms with van der Waals surface area (Å²) >= 11 is 0. The van der Waals surface area contributed by atoms with Crippen LogP contribution in [0.5, 0.6) is 0 Å². The largest absolute Gasteiger partial charge is 0.348 e. The zero-order chi connectivity index (χ0) is 13.0. The first-order valence-corrected chi connectivity index (χ1v) is 6.05. The molecule has 5 nitrogen and oxygen atoms in total. The number of carbonyl (C=O) groups is 2. The molecule has 18 heavy (non-hydrogen) atoms. The molecule has 0 aliphatic carbocycles. The van der Waals surface area contributed by atoms with E-state index in [9.17, 15) is 9.59 Å². The van der Waals surface area contributed by atoms with Crippen molar-refractivity contribution < 1.29 is 9.59 Å². The molecule has 1 unspecified atom stereocenters. The highest BCUT2D eigenvalue weighted by Crippen LogP contribution is 2.10. The number of carbonyl (C=O) groups excluding carboxylic acids is 2. The molecule has 1 fully saturated rings. The van der Waals surface area contributed by atoms with Crippen LogP contribution >= 0.6 is 0 Å². The Balaban J connectivity index is 1.93. The fourth-order valence-electron chi connectivity index (χ4n) is 2.10. The summed E-state index contributed by atoms with van der Waals surface area (Å²) in [7, 11) is 0. The molecule has 0 bridgehead atoms. The number of amides is 2. The molecule has 0 aromatic carbocycles. The minimum Gasteiger partial charge on any atom is -0.348 e. The van der Waals surface area contributed by atoms with Crippen LogP contribution in [0.4, 0.5) is 0 Å². The maximum atomic E-state index is 11.9. The first-order valence-electron chi connectivity index (χ1n) is 6.05. The van der Waals surface area contributed by atoms with Gasteiger partial charge in [-0.25, -0.2) is 0 Å². The van der Waals surface area contributed by atoms with Gasteiger partial charge in [0.05, 0.1) is 5.56 Å². The third kappa shape index (κ3) is 3.06. The van der Waals surface area contributed by atoms with Crippen LogP contribution in [0.1, 0.15) is 30.1 Å². The van der Waals surface area contributed by atoms with Gasteiger partial charge in [-0.15, -0.1) is 0 Å². The van der Waals surface area contributed by atoms with Crippen molar-refractivity contribution in [2.75, 3.05) is 13.1 Å². The van der Waals surface area contributed by atoms with Crippen LogP contribution in [0.2, 0.25) is 0 Å². The molecule has 1 saturated heterocycles. The third-order valence-electron chi connectivity index (χ3n) is 3.07. The Morgan fingerprint density at radius 1 is 1.56 bits per heavy atom. The molecular formula is C13H16N3O2. The Hall–Kier alpha value is -1.91. The normalized spacial score (nSPS) is 19.4. The van der Waals surface area contributed by atoms with Gasteiger partial charge in [-0.3, -0.25) is 14.6 Å². The molecule has 95 valence electrons. The summed E-state index contributed by atoms with van der Waals surface area (Å²) in [6.45, 7) is 2.93. The Kier molecular flexibility index (Phi) is 3.92. The van der Waals surface area contributed by atoms with Gasteiger partial charge in [-0.2, -0.15) is 0 Å². The number of nitrogens with one attached hydrogen (secondary N) is 1. The Morgan fingerprint density at radius 3 is 3.06 bits per heavy atom. The van der Waals surface area contributed by atoms with Crippen LogP contribution in [0.25, 0.3) is 0 Å². The second kappa shape index (κ2) is 5.62. The number of hydrogen-bond donors (Lipinski definition) is 1. The number of aromatic nitrogens is 1. The quantitative estimate of drug-likeness (QED) is 0.832. The highest BCUT2D eigenvalue weighted by atomic mass is 16.2. The number of likely N-dealkylation sites (tertiary alicyclic amines) is 1. The lowest BCUT2D eigenvalue weighted by molar-refractivity contribution is -0.130. The third-order valence-corrected chi connectivity index (χ3v) is 3.07. The van der Waals surface area contributed by atoms with Crippen molar-refractivity contribution in [2.24, 2.45) is 0 Å². The minimum absolute atomic E-state index is 0.0247. The van der Waals surface area contributed by atoms with Gasteiger partial charge in [0.1, 0.15) is 0 Å². The van der Waals surface area contributed by atoms with Gasteiger partial charge in [0.25, 0.3) is 5.91 Å². The van der Waals surface area contributed by atoms with Gasteiger partial charge in [0, 0.05) is 44.5 Å². The van der Waals surface area contributed by atoms with Crippen molar-refractivity contribution in [1.82, 2.24) is 15.2 Å². The Labute approximate surface area is 106 Å². The molecule has 1 radical (unpaired) electrons. The predicted molar refractivity (Wildman–Crippen MR) is 65.8 cm³/mol. The maximum absolute atomic E-state index is 11.9. The Morgan fingerprint density at radius 2 is 2.39 bits per heavy atom. The zero-order valence-electron chi connectivity index (χ0n) is 10.3. The molecule has 2 rings (SSSR count). The fraction of sp³-hybridized carbons (Fsp3) is 0.462. The van der Waals surface area contributed by atoms with Gasteiger partial charge in [-0.05, 0) is 18.9 Å². The SMILES string of the molecule is CC(=O)N1CCCC(NC(=O)c2[c]cncc2)C1. The summed E-state index contributed by atoms with van der Waals surface area (Å²) in [5, 5.41) is 2.93. The first kappa shape index (κ1) is 12.5.